The third kappa shape index (κ3) is 4.39. The second-order valence-corrected chi connectivity index (χ2v) is 6.35. The van der Waals surface area contributed by atoms with Crippen LogP contribution < -0.4 is 10.6 Å². The van der Waals surface area contributed by atoms with E-state index in [1.165, 1.54) is 18.2 Å². The van der Waals surface area contributed by atoms with Gasteiger partial charge in [-0.15, -0.1) is 0 Å². The van der Waals surface area contributed by atoms with Gasteiger partial charge in [-0.3, -0.25) is 10.1 Å². The van der Waals surface area contributed by atoms with E-state index in [4.69, 9.17) is 23.8 Å². The number of carbonyl (C=O) groups excluding carboxylic acids is 1. The average molecular weight is 383 g/mol. The minimum absolute atomic E-state index is 0.0164. The van der Waals surface area contributed by atoms with Gasteiger partial charge in [-0.1, -0.05) is 54.1 Å². The Morgan fingerprint density at radius 2 is 1.85 bits per heavy atom. The topological polar surface area (TPSA) is 61.4 Å². The predicted molar refractivity (Wildman–Crippen MR) is 110 cm³/mol. The number of fused-ring (bicyclic) bond motifs is 1. The number of anilines is 1. The normalized spacial score (nSPS) is 10.8. The van der Waals surface area contributed by atoms with E-state index >= 15 is 0 Å². The summed E-state index contributed by atoms with van der Waals surface area (Å²) in [5, 5.41) is 17.7. The van der Waals surface area contributed by atoms with Crippen LogP contribution in [-0.4, -0.2) is 16.1 Å². The number of benzene rings is 3. The first-order valence-electron chi connectivity index (χ1n) is 7.79. The summed E-state index contributed by atoms with van der Waals surface area (Å²) in [6.45, 7) is 0. The van der Waals surface area contributed by atoms with Crippen molar-refractivity contribution >= 4 is 57.4 Å². The van der Waals surface area contributed by atoms with Crippen LogP contribution in [0.25, 0.3) is 16.8 Å². The fourth-order valence-corrected chi connectivity index (χ4v) is 2.86. The molecule has 1 amide bonds. The van der Waals surface area contributed by atoms with E-state index in [1.807, 2.05) is 42.5 Å². The Labute approximate surface area is 161 Å². The van der Waals surface area contributed by atoms with Crippen molar-refractivity contribution in [2.45, 2.75) is 0 Å². The highest BCUT2D eigenvalue weighted by atomic mass is 35.5. The standard InChI is InChI=1S/C20H15ClN2O2S/c21-15-9-10-18(24)17(12-15)22-20(26)23-19(25)11-8-14-6-3-5-13-4-1-2-7-16(13)14/h1-12,24H,(H2,22,23,25,26). The molecule has 0 aliphatic carbocycles. The van der Waals surface area contributed by atoms with Gasteiger partial charge in [-0.25, -0.2) is 0 Å². The lowest BCUT2D eigenvalue weighted by Crippen LogP contribution is -2.32. The van der Waals surface area contributed by atoms with E-state index in [-0.39, 0.29) is 16.8 Å². The summed E-state index contributed by atoms with van der Waals surface area (Å²) in [5.41, 5.74) is 1.26. The van der Waals surface area contributed by atoms with Gasteiger partial charge in [0.1, 0.15) is 5.75 Å². The Balaban J connectivity index is 1.67. The second kappa shape index (κ2) is 7.99. The van der Waals surface area contributed by atoms with E-state index in [2.05, 4.69) is 10.6 Å². The van der Waals surface area contributed by atoms with Crippen molar-refractivity contribution in [1.29, 1.82) is 0 Å². The highest BCUT2D eigenvalue weighted by Gasteiger charge is 2.06. The molecular weight excluding hydrogens is 368 g/mol. The molecule has 0 saturated heterocycles. The maximum absolute atomic E-state index is 12.1. The molecular formula is C20H15ClN2O2S. The van der Waals surface area contributed by atoms with Crippen molar-refractivity contribution in [3.05, 3.63) is 77.3 Å². The second-order valence-electron chi connectivity index (χ2n) is 5.51. The smallest absolute Gasteiger partial charge is 0.250 e. The molecule has 0 atom stereocenters. The number of nitrogens with one attached hydrogen (secondary N) is 2. The van der Waals surface area contributed by atoms with Crippen LogP contribution in [0.15, 0.2) is 66.7 Å². The van der Waals surface area contributed by atoms with Gasteiger partial charge in [0.05, 0.1) is 5.69 Å². The van der Waals surface area contributed by atoms with E-state index in [1.54, 1.807) is 12.1 Å². The first-order chi connectivity index (χ1) is 12.5. The van der Waals surface area contributed by atoms with Crippen molar-refractivity contribution in [3.8, 4) is 5.75 Å². The van der Waals surface area contributed by atoms with Crippen LogP contribution in [-0.2, 0) is 4.79 Å². The summed E-state index contributed by atoms with van der Waals surface area (Å²) >= 11 is 11.0. The summed E-state index contributed by atoms with van der Waals surface area (Å²) < 4.78 is 0. The number of carbonyl (C=O) groups is 1. The zero-order valence-corrected chi connectivity index (χ0v) is 15.1. The van der Waals surface area contributed by atoms with Crippen molar-refractivity contribution in [2.24, 2.45) is 0 Å². The van der Waals surface area contributed by atoms with Crippen LogP contribution in [0.1, 0.15) is 5.56 Å². The van der Waals surface area contributed by atoms with Gasteiger partial charge in [-0.2, -0.15) is 0 Å². The number of phenols is 1. The predicted octanol–water partition coefficient (Wildman–Crippen LogP) is 4.73. The lowest BCUT2D eigenvalue weighted by Gasteiger charge is -2.10. The lowest BCUT2D eigenvalue weighted by molar-refractivity contribution is -0.115. The van der Waals surface area contributed by atoms with E-state index in [0.717, 1.165) is 16.3 Å². The molecule has 0 bridgehead atoms. The largest absolute Gasteiger partial charge is 0.506 e. The van der Waals surface area contributed by atoms with Crippen LogP contribution in [0.5, 0.6) is 5.75 Å². The molecule has 26 heavy (non-hydrogen) atoms. The van der Waals surface area contributed by atoms with Gasteiger partial charge < -0.3 is 10.4 Å². The van der Waals surface area contributed by atoms with Crippen molar-refractivity contribution in [2.75, 3.05) is 5.32 Å². The van der Waals surface area contributed by atoms with E-state index in [9.17, 15) is 9.90 Å². The van der Waals surface area contributed by atoms with Crippen LogP contribution in [0, 0.1) is 0 Å². The maximum atomic E-state index is 12.1. The Morgan fingerprint density at radius 1 is 1.08 bits per heavy atom. The summed E-state index contributed by atoms with van der Waals surface area (Å²) in [5.74, 6) is -0.394. The number of aromatic hydroxyl groups is 1. The Hall–Kier alpha value is -2.89. The number of hydrogen-bond acceptors (Lipinski definition) is 3. The first-order valence-corrected chi connectivity index (χ1v) is 8.58. The molecule has 3 aromatic carbocycles. The molecule has 0 radical (unpaired) electrons. The summed E-state index contributed by atoms with van der Waals surface area (Å²) in [4.78, 5) is 12.1. The minimum Gasteiger partial charge on any atom is -0.506 e. The van der Waals surface area contributed by atoms with Gasteiger partial charge in [-0.05, 0) is 52.8 Å². The maximum Gasteiger partial charge on any atom is 0.250 e. The quantitative estimate of drug-likeness (QED) is 0.348. The molecule has 3 rings (SSSR count). The molecule has 0 heterocycles. The molecule has 3 aromatic rings. The molecule has 3 N–H and O–H groups in total. The molecule has 0 aliphatic heterocycles. The number of halogens is 1. The molecule has 6 heteroatoms. The van der Waals surface area contributed by atoms with Crippen LogP contribution >= 0.6 is 23.8 Å². The van der Waals surface area contributed by atoms with Crippen LogP contribution in [0.4, 0.5) is 5.69 Å². The summed E-state index contributed by atoms with van der Waals surface area (Å²) in [7, 11) is 0. The fraction of sp³-hybridized carbons (Fsp3) is 0. The molecule has 4 nitrogen and oxygen atoms in total. The summed E-state index contributed by atoms with van der Waals surface area (Å²) in [6.07, 6.45) is 3.14. The highest BCUT2D eigenvalue weighted by Crippen LogP contribution is 2.26. The summed E-state index contributed by atoms with van der Waals surface area (Å²) in [6, 6.07) is 18.3. The van der Waals surface area contributed by atoms with Crippen molar-refractivity contribution < 1.29 is 9.90 Å². The molecule has 0 aliphatic rings. The van der Waals surface area contributed by atoms with Gasteiger partial charge in [0.15, 0.2) is 5.11 Å². The fourth-order valence-electron chi connectivity index (χ4n) is 2.48. The van der Waals surface area contributed by atoms with E-state index < -0.39 is 0 Å². The number of hydrogen-bond donors (Lipinski definition) is 3. The molecule has 130 valence electrons. The number of amides is 1. The monoisotopic (exact) mass is 382 g/mol. The highest BCUT2D eigenvalue weighted by molar-refractivity contribution is 7.80. The molecule has 0 aromatic heterocycles. The first kappa shape index (κ1) is 17.9. The minimum atomic E-state index is -0.378. The van der Waals surface area contributed by atoms with E-state index in [0.29, 0.717) is 10.7 Å². The number of phenolic OH excluding ortho intramolecular Hbond substituents is 1. The molecule has 0 saturated carbocycles. The molecule has 0 fully saturated rings. The molecule has 0 spiro atoms. The van der Waals surface area contributed by atoms with Crippen LogP contribution in [0.2, 0.25) is 5.02 Å². The van der Waals surface area contributed by atoms with Crippen LogP contribution in [0.3, 0.4) is 0 Å². The van der Waals surface area contributed by atoms with Gasteiger partial charge in [0.25, 0.3) is 0 Å². The Kier molecular flexibility index (Phi) is 5.51. The van der Waals surface area contributed by atoms with Gasteiger partial charge in [0.2, 0.25) is 5.91 Å². The SMILES string of the molecule is O=C(C=Cc1cccc2ccccc12)NC(=S)Nc1cc(Cl)ccc1O. The average Bonchev–Trinajstić information content (AvgIpc) is 2.63. The number of thiocarbonyl (C=S) groups is 1. The molecule has 0 unspecified atom stereocenters. The van der Waals surface area contributed by atoms with Crippen molar-refractivity contribution in [3.63, 3.8) is 0 Å². The zero-order valence-electron chi connectivity index (χ0n) is 13.6. The third-order valence-corrected chi connectivity index (χ3v) is 4.12. The Bertz CT molecular complexity index is 1010. The zero-order chi connectivity index (χ0) is 18.5. The van der Waals surface area contributed by atoms with Crippen molar-refractivity contribution in [1.82, 2.24) is 5.32 Å². The Morgan fingerprint density at radius 3 is 2.69 bits per heavy atom. The number of rotatable bonds is 3. The van der Waals surface area contributed by atoms with Gasteiger partial charge in [0, 0.05) is 11.1 Å². The third-order valence-electron chi connectivity index (χ3n) is 3.68. The van der Waals surface area contributed by atoms with Gasteiger partial charge >= 0.3 is 0 Å². The lowest BCUT2D eigenvalue weighted by atomic mass is 10.0.